The van der Waals surface area contributed by atoms with Gasteiger partial charge in [-0.1, -0.05) is 123 Å². The zero-order valence-electron chi connectivity index (χ0n) is 26.2. The van der Waals surface area contributed by atoms with Crippen molar-refractivity contribution in [2.24, 2.45) is 0 Å². The molecule has 208 valence electrons. The standard InChI is InChI=1S/C30H26S.4C2H6/c1-5-23-19(3)26-15-28-25-13-9-10-14-29(25)31(17-21-11-7-8-12-22(21)18-31)30(28)16-27(26)20(4)24(23)6-2;4*1-2/h5-16H,1-2,17-18H2,3-4H3;4*1-2H3. The lowest BCUT2D eigenvalue weighted by Crippen LogP contribution is -1.99. The maximum absolute atomic E-state index is 4.11. The highest BCUT2D eigenvalue weighted by molar-refractivity contribution is 8.33. The third-order valence-corrected chi connectivity index (χ3v) is 11.4. The molecule has 2 aliphatic rings. The van der Waals surface area contributed by atoms with Crippen molar-refractivity contribution < 1.29 is 0 Å². The van der Waals surface area contributed by atoms with E-state index in [1.807, 2.05) is 67.5 Å². The van der Waals surface area contributed by atoms with Crippen LogP contribution < -0.4 is 0 Å². The quantitative estimate of drug-likeness (QED) is 0.238. The molecule has 1 spiro atoms. The van der Waals surface area contributed by atoms with E-state index in [4.69, 9.17) is 0 Å². The minimum Gasteiger partial charge on any atom is -0.178 e. The fraction of sp³-hybridized carbons (Fsp3) is 0.316. The van der Waals surface area contributed by atoms with Gasteiger partial charge in [-0.05, 0) is 87.3 Å². The van der Waals surface area contributed by atoms with Crippen LogP contribution in [0.4, 0.5) is 0 Å². The van der Waals surface area contributed by atoms with E-state index in [9.17, 15) is 0 Å². The summed E-state index contributed by atoms with van der Waals surface area (Å²) >= 11 is 0. The summed E-state index contributed by atoms with van der Waals surface area (Å²) in [5.74, 6) is 2.32. The van der Waals surface area contributed by atoms with Crippen LogP contribution in [-0.4, -0.2) is 0 Å². The van der Waals surface area contributed by atoms with Gasteiger partial charge in [0.25, 0.3) is 0 Å². The third-order valence-electron chi connectivity index (χ3n) is 7.38. The van der Waals surface area contributed by atoms with Crippen LogP contribution in [-0.2, 0) is 11.5 Å². The molecule has 0 nitrogen and oxygen atoms in total. The van der Waals surface area contributed by atoms with Gasteiger partial charge in [0.15, 0.2) is 0 Å². The van der Waals surface area contributed by atoms with Crippen LogP contribution >= 0.6 is 10.0 Å². The van der Waals surface area contributed by atoms with Crippen LogP contribution in [0.5, 0.6) is 0 Å². The third kappa shape index (κ3) is 5.27. The maximum atomic E-state index is 4.11. The Bertz CT molecular complexity index is 1410. The second kappa shape index (κ2) is 14.4. The first kappa shape index (κ1) is 32.2. The molecule has 0 unspecified atom stereocenters. The van der Waals surface area contributed by atoms with Gasteiger partial charge in [-0.3, -0.25) is 0 Å². The van der Waals surface area contributed by atoms with Crippen LogP contribution in [0.2, 0.25) is 0 Å². The SMILES string of the molecule is C=Cc1c(C=C)c(C)c2cc3c(cc2c1C)-c1ccccc1S31Cc2ccccc2C1.CC.CC.CC.CC. The van der Waals surface area contributed by atoms with Crippen molar-refractivity contribution in [2.45, 2.75) is 90.5 Å². The molecule has 2 heterocycles. The number of rotatable bonds is 2. The van der Waals surface area contributed by atoms with Crippen molar-refractivity contribution in [3.8, 4) is 11.1 Å². The summed E-state index contributed by atoms with van der Waals surface area (Å²) in [5.41, 5.74) is 11.0. The molecule has 39 heavy (non-hydrogen) atoms. The topological polar surface area (TPSA) is 0 Å². The summed E-state index contributed by atoms with van der Waals surface area (Å²) in [6.45, 7) is 28.7. The van der Waals surface area contributed by atoms with Gasteiger partial charge in [0.05, 0.1) is 0 Å². The summed E-state index contributed by atoms with van der Waals surface area (Å²) < 4.78 is 0. The van der Waals surface area contributed by atoms with Gasteiger partial charge in [-0.15, -0.1) is 0 Å². The Hall–Kier alpha value is -3.03. The van der Waals surface area contributed by atoms with Gasteiger partial charge in [0, 0.05) is 21.3 Å². The molecule has 4 aromatic carbocycles. The van der Waals surface area contributed by atoms with Crippen LogP contribution in [0.25, 0.3) is 34.1 Å². The molecular weight excluding hydrogens is 488 g/mol. The average molecular weight is 539 g/mol. The largest absolute Gasteiger partial charge is 0.178 e. The summed E-state index contributed by atoms with van der Waals surface area (Å²) in [5, 5.41) is 2.71. The summed E-state index contributed by atoms with van der Waals surface area (Å²) in [6, 6.07) is 23.2. The van der Waals surface area contributed by atoms with Gasteiger partial charge < -0.3 is 0 Å². The first-order valence-electron chi connectivity index (χ1n) is 14.9. The van der Waals surface area contributed by atoms with Crippen LogP contribution in [0.1, 0.15) is 88.8 Å². The van der Waals surface area contributed by atoms with E-state index in [1.54, 1.807) is 9.79 Å². The highest BCUT2D eigenvalue weighted by atomic mass is 32.3. The van der Waals surface area contributed by atoms with Crippen molar-refractivity contribution >= 4 is 33.0 Å². The molecule has 0 atom stereocenters. The fourth-order valence-electron chi connectivity index (χ4n) is 5.83. The second-order valence-electron chi connectivity index (χ2n) is 8.82. The molecule has 0 fully saturated rings. The Kier molecular flexibility index (Phi) is 11.9. The van der Waals surface area contributed by atoms with Crippen LogP contribution in [0, 0.1) is 13.8 Å². The molecule has 0 aliphatic carbocycles. The predicted molar refractivity (Wildman–Crippen MR) is 182 cm³/mol. The Labute approximate surface area is 241 Å². The smallest absolute Gasteiger partial charge is 0.0110 e. The Balaban J connectivity index is 0.000000614. The van der Waals surface area contributed by atoms with Crippen molar-refractivity contribution in [3.05, 3.63) is 107 Å². The predicted octanol–water partition coefficient (Wildman–Crippen LogP) is 12.8. The molecule has 1 heteroatoms. The molecule has 0 aromatic heterocycles. The molecule has 2 aliphatic heterocycles. The molecule has 0 saturated carbocycles. The Morgan fingerprint density at radius 3 is 1.49 bits per heavy atom. The summed E-state index contributed by atoms with van der Waals surface area (Å²) in [4.78, 5) is 3.14. The Morgan fingerprint density at radius 1 is 0.564 bits per heavy atom. The number of hydrogen-bond donors (Lipinski definition) is 0. The molecule has 0 saturated heterocycles. The van der Waals surface area contributed by atoms with Gasteiger partial charge in [0.2, 0.25) is 0 Å². The lowest BCUT2D eigenvalue weighted by Gasteiger charge is -2.33. The Morgan fingerprint density at radius 2 is 1.00 bits per heavy atom. The minimum atomic E-state index is -1.11. The summed E-state index contributed by atoms with van der Waals surface area (Å²) in [6.07, 6.45) is 3.98. The van der Waals surface area contributed by atoms with Gasteiger partial charge in [-0.25, -0.2) is 0 Å². The minimum absolute atomic E-state index is 1.11. The number of aryl methyl sites for hydroxylation is 2. The highest BCUT2D eigenvalue weighted by Crippen LogP contribution is 2.77. The van der Waals surface area contributed by atoms with E-state index in [-0.39, 0.29) is 0 Å². The van der Waals surface area contributed by atoms with E-state index in [0.29, 0.717) is 0 Å². The van der Waals surface area contributed by atoms with Gasteiger partial charge in [0.1, 0.15) is 0 Å². The number of fused-ring (bicyclic) bond motifs is 7. The van der Waals surface area contributed by atoms with Crippen molar-refractivity contribution in [2.75, 3.05) is 0 Å². The van der Waals surface area contributed by atoms with E-state index in [1.165, 1.54) is 55.3 Å². The number of hydrogen-bond acceptors (Lipinski definition) is 0. The molecular formula is C38H50S. The van der Waals surface area contributed by atoms with Crippen molar-refractivity contribution in [1.29, 1.82) is 0 Å². The van der Waals surface area contributed by atoms with Crippen LogP contribution in [0.3, 0.4) is 0 Å². The van der Waals surface area contributed by atoms with Crippen LogP contribution in [0.15, 0.2) is 83.6 Å². The van der Waals surface area contributed by atoms with E-state index in [2.05, 4.69) is 87.7 Å². The molecule has 4 aromatic rings. The van der Waals surface area contributed by atoms with E-state index < -0.39 is 10.0 Å². The van der Waals surface area contributed by atoms with E-state index >= 15 is 0 Å². The molecule has 0 N–H and O–H groups in total. The number of benzene rings is 4. The lowest BCUT2D eigenvalue weighted by molar-refractivity contribution is 1.35. The first-order chi connectivity index (χ1) is 19.1. The maximum Gasteiger partial charge on any atom is 0.0110 e. The first-order valence-corrected chi connectivity index (χ1v) is 16.9. The molecule has 0 radical (unpaired) electrons. The van der Waals surface area contributed by atoms with E-state index in [0.717, 1.165) is 11.5 Å². The van der Waals surface area contributed by atoms with Gasteiger partial charge in [-0.2, -0.15) is 10.0 Å². The molecule has 6 rings (SSSR count). The summed E-state index contributed by atoms with van der Waals surface area (Å²) in [7, 11) is -1.11. The average Bonchev–Trinajstić information content (AvgIpc) is 3.54. The lowest BCUT2D eigenvalue weighted by atomic mass is 9.88. The second-order valence-corrected chi connectivity index (χ2v) is 12.0. The normalized spacial score (nSPS) is 13.4. The molecule has 0 amide bonds. The van der Waals surface area contributed by atoms with Crippen molar-refractivity contribution in [1.82, 2.24) is 0 Å². The highest BCUT2D eigenvalue weighted by Gasteiger charge is 2.43. The molecule has 0 bridgehead atoms. The van der Waals surface area contributed by atoms with Crippen molar-refractivity contribution in [3.63, 3.8) is 0 Å². The monoisotopic (exact) mass is 538 g/mol. The zero-order chi connectivity index (χ0) is 29.3. The van der Waals surface area contributed by atoms with Gasteiger partial charge >= 0.3 is 0 Å². The fourth-order valence-corrected chi connectivity index (χ4v) is 10.3. The zero-order valence-corrected chi connectivity index (χ0v) is 27.0.